The third-order valence-corrected chi connectivity index (χ3v) is 6.04. The van der Waals surface area contributed by atoms with Crippen molar-refractivity contribution >= 4 is 49.5 Å². The quantitative estimate of drug-likeness (QED) is 0.276. The lowest BCUT2D eigenvalue weighted by Gasteiger charge is -2.09. The summed E-state index contributed by atoms with van der Waals surface area (Å²) in [5.74, 6) is 0. The Balaban J connectivity index is 1.69. The van der Waals surface area contributed by atoms with Crippen molar-refractivity contribution in [2.75, 3.05) is 5.32 Å². The zero-order valence-corrected chi connectivity index (χ0v) is 18.6. The number of rotatable bonds is 4. The highest BCUT2D eigenvalue weighted by Crippen LogP contribution is 2.28. The molecule has 4 aromatic rings. The monoisotopic (exact) mass is 477 g/mol. The molecule has 0 aliphatic rings. The number of hydrogen-bond acceptors (Lipinski definition) is 6. The molecule has 0 aliphatic carbocycles. The van der Waals surface area contributed by atoms with Crippen LogP contribution in [-0.2, 0) is 0 Å². The van der Waals surface area contributed by atoms with Crippen molar-refractivity contribution in [3.05, 3.63) is 85.1 Å². The Hall–Kier alpha value is -3.21. The van der Waals surface area contributed by atoms with Gasteiger partial charge in [-0.3, -0.25) is 0 Å². The number of para-hydroxylation sites is 1. The highest BCUT2D eigenvalue weighted by molar-refractivity contribution is 9.10. The zero-order chi connectivity index (χ0) is 21.3. The molecule has 2 aromatic heterocycles. The molecule has 0 fully saturated rings. The van der Waals surface area contributed by atoms with E-state index in [1.54, 1.807) is 23.7 Å². The maximum absolute atomic E-state index is 12.4. The summed E-state index contributed by atoms with van der Waals surface area (Å²) in [5.41, 5.74) is 4.42. The van der Waals surface area contributed by atoms with E-state index in [0.29, 0.717) is 27.4 Å². The Kier molecular flexibility index (Phi) is 5.53. The second-order valence-corrected chi connectivity index (χ2v) is 8.52. The number of nitrogens with one attached hydrogen (secondary N) is 1. The van der Waals surface area contributed by atoms with Gasteiger partial charge in [0.1, 0.15) is 22.2 Å². The van der Waals surface area contributed by atoms with Crippen molar-refractivity contribution in [2.45, 2.75) is 13.8 Å². The van der Waals surface area contributed by atoms with Crippen molar-refractivity contribution in [3.8, 4) is 17.3 Å². The lowest BCUT2D eigenvalue weighted by Crippen LogP contribution is -2.03. The predicted molar refractivity (Wildman–Crippen MR) is 124 cm³/mol. The average Bonchev–Trinajstić information content (AvgIpc) is 3.20. The lowest BCUT2D eigenvalue weighted by molar-refractivity contribution is 0.563. The zero-order valence-electron chi connectivity index (χ0n) is 16.2. The highest BCUT2D eigenvalue weighted by atomic mass is 79.9. The molecule has 0 saturated heterocycles. The molecule has 2 heterocycles. The molecule has 4 rings (SSSR count). The first-order valence-electron chi connectivity index (χ1n) is 9.09. The molecule has 2 aromatic carbocycles. The van der Waals surface area contributed by atoms with Crippen LogP contribution >= 0.6 is 27.3 Å². The third kappa shape index (κ3) is 3.92. The second-order valence-electron chi connectivity index (χ2n) is 6.75. The van der Waals surface area contributed by atoms with Gasteiger partial charge in [0, 0.05) is 27.1 Å². The van der Waals surface area contributed by atoms with Gasteiger partial charge in [-0.2, -0.15) is 5.26 Å². The molecule has 0 unspecified atom stereocenters. The lowest BCUT2D eigenvalue weighted by atomic mass is 10.1. The molecule has 5 nitrogen and oxygen atoms in total. The van der Waals surface area contributed by atoms with Gasteiger partial charge >= 0.3 is 5.63 Å². The summed E-state index contributed by atoms with van der Waals surface area (Å²) >= 11 is 4.73. The molecule has 0 spiro atoms. The number of nitriles is 1. The number of aromatic nitrogens is 1. The third-order valence-electron chi connectivity index (χ3n) is 4.67. The summed E-state index contributed by atoms with van der Waals surface area (Å²) in [7, 11) is 0. The van der Waals surface area contributed by atoms with Crippen LogP contribution < -0.4 is 10.9 Å². The number of halogens is 1. The first kappa shape index (κ1) is 20.1. The summed E-state index contributed by atoms with van der Waals surface area (Å²) in [5, 5.41) is 15.9. The van der Waals surface area contributed by atoms with Crippen LogP contribution in [0.25, 0.3) is 27.8 Å². The molecule has 0 atom stereocenters. The molecule has 0 radical (unpaired) electrons. The van der Waals surface area contributed by atoms with Crippen LogP contribution in [-0.4, -0.2) is 4.98 Å². The largest absolute Gasteiger partial charge is 0.422 e. The maximum Gasteiger partial charge on any atom is 0.345 e. The predicted octanol–water partition coefficient (Wildman–Crippen LogP) is 6.27. The molecule has 0 amide bonds. The van der Waals surface area contributed by atoms with E-state index in [-0.39, 0.29) is 0 Å². The number of anilines is 1. The van der Waals surface area contributed by atoms with Crippen molar-refractivity contribution in [1.29, 1.82) is 5.26 Å². The number of hydrogen-bond donors (Lipinski definition) is 1. The summed E-state index contributed by atoms with van der Waals surface area (Å²) in [6.07, 6.45) is 1.65. The standard InChI is InChI=1S/C23H16BrN3O2S/c1-13-4-3-5-14(2)21(13)26-11-16(10-25)22-27-19(12-30-22)18-9-15-8-17(24)6-7-20(15)29-23(18)28/h3-9,11-12,26H,1-2H3/b16-11-. The Morgan fingerprint density at radius 3 is 2.73 bits per heavy atom. The average molecular weight is 478 g/mol. The summed E-state index contributed by atoms with van der Waals surface area (Å²) in [6.45, 7) is 4.02. The van der Waals surface area contributed by atoms with Gasteiger partial charge in [0.25, 0.3) is 0 Å². The van der Waals surface area contributed by atoms with Crippen molar-refractivity contribution in [1.82, 2.24) is 4.98 Å². The van der Waals surface area contributed by atoms with Crippen molar-refractivity contribution in [2.24, 2.45) is 0 Å². The normalized spacial score (nSPS) is 11.5. The van der Waals surface area contributed by atoms with E-state index in [1.165, 1.54) is 11.3 Å². The molecule has 0 aliphatic heterocycles. The molecular weight excluding hydrogens is 462 g/mol. The molecule has 148 valence electrons. The van der Waals surface area contributed by atoms with Crippen molar-refractivity contribution in [3.63, 3.8) is 0 Å². The summed E-state index contributed by atoms with van der Waals surface area (Å²) in [4.78, 5) is 17.0. The molecule has 1 N–H and O–H groups in total. The van der Waals surface area contributed by atoms with Crippen LogP contribution in [0.1, 0.15) is 16.1 Å². The van der Waals surface area contributed by atoms with Crippen LogP contribution in [0.3, 0.4) is 0 Å². The van der Waals surface area contributed by atoms with Gasteiger partial charge < -0.3 is 9.73 Å². The fourth-order valence-corrected chi connectivity index (χ4v) is 4.29. The summed E-state index contributed by atoms with van der Waals surface area (Å²) < 4.78 is 6.32. The van der Waals surface area contributed by atoms with Crippen molar-refractivity contribution < 1.29 is 4.42 Å². The molecule has 7 heteroatoms. The van der Waals surface area contributed by atoms with E-state index in [0.717, 1.165) is 26.7 Å². The Morgan fingerprint density at radius 2 is 2.00 bits per heavy atom. The number of nitrogens with zero attached hydrogens (tertiary/aromatic N) is 2. The first-order valence-corrected chi connectivity index (χ1v) is 10.8. The van der Waals surface area contributed by atoms with Crippen LogP contribution in [0, 0.1) is 25.2 Å². The van der Waals surface area contributed by atoms with Crippen LogP contribution in [0.15, 0.2) is 67.7 Å². The number of aryl methyl sites for hydroxylation is 2. The van der Waals surface area contributed by atoms with E-state index in [2.05, 4.69) is 32.3 Å². The second kappa shape index (κ2) is 8.27. The van der Waals surface area contributed by atoms with Gasteiger partial charge in [0.15, 0.2) is 0 Å². The fraction of sp³-hybridized carbons (Fsp3) is 0.0870. The number of thiazole rings is 1. The molecule has 0 saturated carbocycles. The van der Waals surface area contributed by atoms with E-state index >= 15 is 0 Å². The van der Waals surface area contributed by atoms with E-state index in [9.17, 15) is 10.1 Å². The Labute approximate surface area is 185 Å². The van der Waals surface area contributed by atoms with Gasteiger partial charge in [-0.25, -0.2) is 9.78 Å². The van der Waals surface area contributed by atoms with Crippen LogP contribution in [0.4, 0.5) is 5.69 Å². The number of allylic oxidation sites excluding steroid dienone is 1. The molecule has 30 heavy (non-hydrogen) atoms. The van der Waals surface area contributed by atoms with Gasteiger partial charge in [0.05, 0.1) is 11.3 Å². The SMILES string of the molecule is Cc1cccc(C)c1N/C=C(/C#N)c1nc(-c2cc3cc(Br)ccc3oc2=O)cs1. The fourth-order valence-electron chi connectivity index (χ4n) is 3.12. The topological polar surface area (TPSA) is 78.9 Å². The highest BCUT2D eigenvalue weighted by Gasteiger charge is 2.14. The Bertz CT molecular complexity index is 1380. The first-order chi connectivity index (χ1) is 14.5. The smallest absolute Gasteiger partial charge is 0.345 e. The van der Waals surface area contributed by atoms with Crippen LogP contribution in [0.2, 0.25) is 0 Å². The minimum Gasteiger partial charge on any atom is -0.422 e. The minimum absolute atomic E-state index is 0.364. The summed E-state index contributed by atoms with van der Waals surface area (Å²) in [6, 6.07) is 15.4. The van der Waals surface area contributed by atoms with Gasteiger partial charge in [-0.05, 0) is 49.2 Å². The number of benzene rings is 2. The van der Waals surface area contributed by atoms with E-state index < -0.39 is 5.63 Å². The van der Waals surface area contributed by atoms with Gasteiger partial charge in [0.2, 0.25) is 0 Å². The Morgan fingerprint density at radius 1 is 1.23 bits per heavy atom. The molecule has 0 bridgehead atoms. The van der Waals surface area contributed by atoms with E-state index in [1.807, 2.05) is 44.2 Å². The number of fused-ring (bicyclic) bond motifs is 1. The van der Waals surface area contributed by atoms with E-state index in [4.69, 9.17) is 4.42 Å². The van der Waals surface area contributed by atoms with Gasteiger partial charge in [-0.1, -0.05) is 34.1 Å². The molecular formula is C23H16BrN3O2S. The van der Waals surface area contributed by atoms with Gasteiger partial charge in [-0.15, -0.1) is 11.3 Å². The maximum atomic E-state index is 12.4. The van der Waals surface area contributed by atoms with Crippen LogP contribution in [0.5, 0.6) is 0 Å². The minimum atomic E-state index is -0.460.